The number of carbonyl (C=O) groups is 1. The topological polar surface area (TPSA) is 47.6 Å². The fourth-order valence-corrected chi connectivity index (χ4v) is 1.41. The molecule has 1 N–H and O–H groups in total. The van der Waals surface area contributed by atoms with Gasteiger partial charge >= 0.3 is 0 Å². The molecule has 0 aromatic heterocycles. The van der Waals surface area contributed by atoms with Crippen molar-refractivity contribution in [3.8, 4) is 0 Å². The van der Waals surface area contributed by atoms with Crippen LogP contribution in [0.5, 0.6) is 0 Å². The number of carbonyl (C=O) groups excluding carboxylic acids is 1. The number of benzene rings is 1. The maximum atomic E-state index is 11.6. The molecule has 1 amide bonds. The molecule has 0 saturated carbocycles. The zero-order valence-corrected chi connectivity index (χ0v) is 10.5. The lowest BCUT2D eigenvalue weighted by Crippen LogP contribution is -2.34. The Labute approximate surface area is 102 Å². The van der Waals surface area contributed by atoms with Crippen molar-refractivity contribution < 1.29 is 14.3 Å². The lowest BCUT2D eigenvalue weighted by Gasteiger charge is -2.13. The molecule has 0 aliphatic carbocycles. The molecule has 1 aromatic carbocycles. The van der Waals surface area contributed by atoms with Crippen molar-refractivity contribution in [3.63, 3.8) is 0 Å². The molecular weight excluding hydrogens is 218 g/mol. The van der Waals surface area contributed by atoms with Gasteiger partial charge in [-0.1, -0.05) is 29.8 Å². The summed E-state index contributed by atoms with van der Waals surface area (Å²) in [5, 5.41) is 2.76. The largest absolute Gasteiger partial charge is 0.354 e. The number of ether oxygens (including phenoxy) is 2. The van der Waals surface area contributed by atoms with Crippen molar-refractivity contribution >= 4 is 5.91 Å². The SMILES string of the molecule is COC(CNC(=O)Cc1ccc(C)cc1)OC. The second-order valence-corrected chi connectivity index (χ2v) is 3.87. The maximum absolute atomic E-state index is 11.6. The first-order valence-electron chi connectivity index (χ1n) is 5.53. The fraction of sp³-hybridized carbons (Fsp3) is 0.462. The summed E-state index contributed by atoms with van der Waals surface area (Å²) in [6.07, 6.45) is -0.0163. The second-order valence-electron chi connectivity index (χ2n) is 3.87. The molecule has 1 rings (SSSR count). The second kappa shape index (κ2) is 7.04. The van der Waals surface area contributed by atoms with Gasteiger partial charge in [-0.05, 0) is 12.5 Å². The number of rotatable bonds is 6. The summed E-state index contributed by atoms with van der Waals surface area (Å²) in [5.41, 5.74) is 2.19. The summed E-state index contributed by atoms with van der Waals surface area (Å²) in [5.74, 6) is -0.0343. The van der Waals surface area contributed by atoms with Crippen LogP contribution in [0.1, 0.15) is 11.1 Å². The van der Waals surface area contributed by atoms with Gasteiger partial charge in [0.15, 0.2) is 6.29 Å². The zero-order valence-electron chi connectivity index (χ0n) is 10.5. The van der Waals surface area contributed by atoms with Crippen LogP contribution in [0, 0.1) is 6.92 Å². The Morgan fingerprint density at radius 2 is 1.82 bits per heavy atom. The smallest absolute Gasteiger partial charge is 0.224 e. The molecule has 0 bridgehead atoms. The van der Waals surface area contributed by atoms with E-state index in [0.29, 0.717) is 13.0 Å². The Morgan fingerprint density at radius 1 is 1.24 bits per heavy atom. The number of methoxy groups -OCH3 is 2. The van der Waals surface area contributed by atoms with Crippen LogP contribution in [0.3, 0.4) is 0 Å². The molecule has 94 valence electrons. The Morgan fingerprint density at radius 3 is 2.35 bits per heavy atom. The summed E-state index contributed by atoms with van der Waals surface area (Å²) in [6, 6.07) is 7.91. The fourth-order valence-electron chi connectivity index (χ4n) is 1.41. The van der Waals surface area contributed by atoms with E-state index in [9.17, 15) is 4.79 Å². The average Bonchev–Trinajstić information content (AvgIpc) is 2.33. The molecule has 4 nitrogen and oxygen atoms in total. The Kier molecular flexibility index (Phi) is 5.66. The van der Waals surface area contributed by atoms with Gasteiger partial charge in [-0.3, -0.25) is 4.79 Å². The first kappa shape index (κ1) is 13.7. The van der Waals surface area contributed by atoms with Crippen LogP contribution in [0.25, 0.3) is 0 Å². The molecule has 0 atom stereocenters. The van der Waals surface area contributed by atoms with Gasteiger partial charge in [0.05, 0.1) is 13.0 Å². The van der Waals surface area contributed by atoms with Crippen LogP contribution in [0.2, 0.25) is 0 Å². The Balaban J connectivity index is 2.37. The number of hydrogen-bond acceptors (Lipinski definition) is 3. The highest BCUT2D eigenvalue weighted by Gasteiger charge is 2.08. The van der Waals surface area contributed by atoms with Crippen LogP contribution >= 0.6 is 0 Å². The molecule has 0 radical (unpaired) electrons. The number of aryl methyl sites for hydroxylation is 1. The molecule has 0 unspecified atom stereocenters. The molecule has 0 spiro atoms. The van der Waals surface area contributed by atoms with Crippen LogP contribution in [0.4, 0.5) is 0 Å². The van der Waals surface area contributed by atoms with Gasteiger partial charge in [0.2, 0.25) is 5.91 Å². The average molecular weight is 237 g/mol. The monoisotopic (exact) mass is 237 g/mol. The summed E-state index contributed by atoms with van der Waals surface area (Å²) in [4.78, 5) is 11.6. The molecule has 0 saturated heterocycles. The van der Waals surface area contributed by atoms with Crippen LogP contribution in [-0.4, -0.2) is 33.0 Å². The molecule has 0 aliphatic heterocycles. The van der Waals surface area contributed by atoms with E-state index in [1.54, 1.807) is 14.2 Å². The molecule has 4 heteroatoms. The zero-order chi connectivity index (χ0) is 12.7. The van der Waals surface area contributed by atoms with Gasteiger partial charge < -0.3 is 14.8 Å². The van der Waals surface area contributed by atoms with E-state index in [0.717, 1.165) is 5.56 Å². The van der Waals surface area contributed by atoms with E-state index < -0.39 is 6.29 Å². The highest BCUT2D eigenvalue weighted by Crippen LogP contribution is 2.03. The minimum absolute atomic E-state index is 0.0343. The predicted octanol–water partition coefficient (Wildman–Crippen LogP) is 1.27. The van der Waals surface area contributed by atoms with Gasteiger partial charge in [0.25, 0.3) is 0 Å². The minimum atomic E-state index is -0.392. The third kappa shape index (κ3) is 4.97. The standard InChI is InChI=1S/C13H19NO3/c1-10-4-6-11(7-5-10)8-12(15)14-9-13(16-2)17-3/h4-7,13H,8-9H2,1-3H3,(H,14,15). The molecule has 0 fully saturated rings. The maximum Gasteiger partial charge on any atom is 0.224 e. The molecule has 1 aromatic rings. The number of amides is 1. The minimum Gasteiger partial charge on any atom is -0.354 e. The van der Waals surface area contributed by atoms with Crippen molar-refractivity contribution in [3.05, 3.63) is 35.4 Å². The number of hydrogen-bond donors (Lipinski definition) is 1. The van der Waals surface area contributed by atoms with Crippen molar-refractivity contribution in [2.24, 2.45) is 0 Å². The van der Waals surface area contributed by atoms with Crippen LogP contribution in [0.15, 0.2) is 24.3 Å². The molecular formula is C13H19NO3. The van der Waals surface area contributed by atoms with Gasteiger partial charge in [-0.15, -0.1) is 0 Å². The lowest BCUT2D eigenvalue weighted by atomic mass is 10.1. The summed E-state index contributed by atoms with van der Waals surface area (Å²) >= 11 is 0. The Bertz CT molecular complexity index is 344. The van der Waals surface area contributed by atoms with Gasteiger partial charge in [-0.25, -0.2) is 0 Å². The molecule has 0 aliphatic rings. The van der Waals surface area contributed by atoms with Crippen molar-refractivity contribution in [1.82, 2.24) is 5.32 Å². The first-order valence-corrected chi connectivity index (χ1v) is 5.53. The predicted molar refractivity (Wildman–Crippen MR) is 65.7 cm³/mol. The highest BCUT2D eigenvalue weighted by molar-refractivity contribution is 5.78. The van der Waals surface area contributed by atoms with E-state index >= 15 is 0 Å². The number of nitrogens with one attached hydrogen (secondary N) is 1. The third-order valence-corrected chi connectivity index (χ3v) is 2.48. The normalized spacial score (nSPS) is 10.6. The van der Waals surface area contributed by atoms with Crippen molar-refractivity contribution in [2.75, 3.05) is 20.8 Å². The summed E-state index contributed by atoms with van der Waals surface area (Å²) in [6.45, 7) is 2.38. The molecule has 0 heterocycles. The summed E-state index contributed by atoms with van der Waals surface area (Å²) in [7, 11) is 3.08. The Hall–Kier alpha value is -1.39. The van der Waals surface area contributed by atoms with Crippen molar-refractivity contribution in [1.29, 1.82) is 0 Å². The van der Waals surface area contributed by atoms with Crippen LogP contribution in [-0.2, 0) is 20.7 Å². The van der Waals surface area contributed by atoms with E-state index in [1.807, 2.05) is 31.2 Å². The van der Waals surface area contributed by atoms with Gasteiger partial charge in [0, 0.05) is 14.2 Å². The van der Waals surface area contributed by atoms with E-state index in [4.69, 9.17) is 9.47 Å². The van der Waals surface area contributed by atoms with E-state index in [1.165, 1.54) is 5.56 Å². The quantitative estimate of drug-likeness (QED) is 0.758. The van der Waals surface area contributed by atoms with Gasteiger partial charge in [0.1, 0.15) is 0 Å². The van der Waals surface area contributed by atoms with Gasteiger partial charge in [-0.2, -0.15) is 0 Å². The third-order valence-electron chi connectivity index (χ3n) is 2.48. The van der Waals surface area contributed by atoms with E-state index in [2.05, 4.69) is 5.32 Å². The van der Waals surface area contributed by atoms with Crippen molar-refractivity contribution in [2.45, 2.75) is 19.6 Å². The summed E-state index contributed by atoms with van der Waals surface area (Å²) < 4.78 is 9.96. The van der Waals surface area contributed by atoms with E-state index in [-0.39, 0.29) is 5.91 Å². The molecule has 17 heavy (non-hydrogen) atoms. The lowest BCUT2D eigenvalue weighted by molar-refractivity contribution is -0.126. The highest BCUT2D eigenvalue weighted by atomic mass is 16.7. The first-order chi connectivity index (χ1) is 8.15. The van der Waals surface area contributed by atoms with Crippen LogP contribution < -0.4 is 5.32 Å².